The molecule has 21 heavy (non-hydrogen) atoms. The van der Waals surface area contributed by atoms with Crippen LogP contribution in [0.2, 0.25) is 0 Å². The SMILES string of the molecule is Cc1cc(C)cc(C(N)c2ccc(C)c3ccccc23)c1. The van der Waals surface area contributed by atoms with E-state index >= 15 is 0 Å². The molecule has 106 valence electrons. The number of hydrogen-bond acceptors (Lipinski definition) is 1. The highest BCUT2D eigenvalue weighted by atomic mass is 14.6. The molecule has 1 nitrogen and oxygen atoms in total. The average molecular weight is 275 g/mol. The van der Waals surface area contributed by atoms with Gasteiger partial charge in [0, 0.05) is 0 Å². The van der Waals surface area contributed by atoms with E-state index in [-0.39, 0.29) is 6.04 Å². The third-order valence-corrected chi connectivity index (χ3v) is 4.11. The predicted octanol–water partition coefficient (Wildman–Crippen LogP) is 4.81. The molecule has 0 spiro atoms. The van der Waals surface area contributed by atoms with Crippen molar-refractivity contribution in [2.75, 3.05) is 0 Å². The molecule has 1 atom stereocenters. The molecule has 0 radical (unpaired) electrons. The van der Waals surface area contributed by atoms with Crippen molar-refractivity contribution in [2.24, 2.45) is 5.73 Å². The van der Waals surface area contributed by atoms with Gasteiger partial charge in [-0.1, -0.05) is 65.7 Å². The fourth-order valence-corrected chi connectivity index (χ4v) is 3.11. The molecular formula is C20H21N. The van der Waals surface area contributed by atoms with Gasteiger partial charge in [0.2, 0.25) is 0 Å². The van der Waals surface area contributed by atoms with Gasteiger partial charge < -0.3 is 5.73 Å². The number of fused-ring (bicyclic) bond motifs is 1. The second-order valence-electron chi connectivity index (χ2n) is 5.92. The van der Waals surface area contributed by atoms with E-state index in [1.807, 2.05) is 0 Å². The smallest absolute Gasteiger partial charge is 0.0557 e. The number of benzene rings is 3. The highest BCUT2D eigenvalue weighted by Crippen LogP contribution is 2.30. The topological polar surface area (TPSA) is 26.0 Å². The Morgan fingerprint density at radius 3 is 2.05 bits per heavy atom. The van der Waals surface area contributed by atoms with Crippen molar-refractivity contribution >= 4 is 10.8 Å². The van der Waals surface area contributed by atoms with Crippen LogP contribution in [-0.2, 0) is 0 Å². The molecule has 0 bridgehead atoms. The molecule has 0 aromatic heterocycles. The van der Waals surface area contributed by atoms with Crippen molar-refractivity contribution in [3.05, 3.63) is 82.4 Å². The van der Waals surface area contributed by atoms with Gasteiger partial charge in [-0.05, 0) is 48.2 Å². The first kappa shape index (κ1) is 13.8. The Balaban J connectivity index is 2.18. The molecule has 0 saturated carbocycles. The number of aryl methyl sites for hydroxylation is 3. The molecule has 3 aromatic rings. The summed E-state index contributed by atoms with van der Waals surface area (Å²) in [6.45, 7) is 6.39. The van der Waals surface area contributed by atoms with Gasteiger partial charge in [0.1, 0.15) is 0 Å². The van der Waals surface area contributed by atoms with E-state index in [1.165, 1.54) is 38.6 Å². The van der Waals surface area contributed by atoms with Crippen LogP contribution in [0.5, 0.6) is 0 Å². The van der Waals surface area contributed by atoms with Gasteiger partial charge in [-0.15, -0.1) is 0 Å². The van der Waals surface area contributed by atoms with Crippen molar-refractivity contribution in [3.63, 3.8) is 0 Å². The Kier molecular flexibility index (Phi) is 3.52. The fraction of sp³-hybridized carbons (Fsp3) is 0.200. The maximum Gasteiger partial charge on any atom is 0.0557 e. The lowest BCUT2D eigenvalue weighted by molar-refractivity contribution is 0.876. The lowest BCUT2D eigenvalue weighted by Gasteiger charge is -2.17. The third kappa shape index (κ3) is 2.57. The maximum absolute atomic E-state index is 6.57. The van der Waals surface area contributed by atoms with E-state index in [1.54, 1.807) is 0 Å². The van der Waals surface area contributed by atoms with Gasteiger partial charge in [-0.3, -0.25) is 0 Å². The molecule has 0 heterocycles. The van der Waals surface area contributed by atoms with Crippen LogP contribution in [0.15, 0.2) is 54.6 Å². The third-order valence-electron chi connectivity index (χ3n) is 4.11. The fourth-order valence-electron chi connectivity index (χ4n) is 3.11. The van der Waals surface area contributed by atoms with Gasteiger partial charge in [-0.2, -0.15) is 0 Å². The second kappa shape index (κ2) is 5.34. The second-order valence-corrected chi connectivity index (χ2v) is 5.92. The molecular weight excluding hydrogens is 254 g/mol. The molecule has 2 N–H and O–H groups in total. The van der Waals surface area contributed by atoms with Crippen LogP contribution in [0, 0.1) is 20.8 Å². The highest BCUT2D eigenvalue weighted by molar-refractivity contribution is 5.89. The lowest BCUT2D eigenvalue weighted by Crippen LogP contribution is -2.13. The van der Waals surface area contributed by atoms with E-state index in [2.05, 4.69) is 75.4 Å². The minimum Gasteiger partial charge on any atom is -0.320 e. The molecule has 1 unspecified atom stereocenters. The van der Waals surface area contributed by atoms with E-state index in [0.717, 1.165) is 0 Å². The van der Waals surface area contributed by atoms with E-state index < -0.39 is 0 Å². The van der Waals surface area contributed by atoms with Gasteiger partial charge in [0.15, 0.2) is 0 Å². The van der Waals surface area contributed by atoms with Gasteiger partial charge in [0.25, 0.3) is 0 Å². The van der Waals surface area contributed by atoms with Crippen LogP contribution < -0.4 is 5.73 Å². The summed E-state index contributed by atoms with van der Waals surface area (Å²) >= 11 is 0. The van der Waals surface area contributed by atoms with Crippen LogP contribution in [-0.4, -0.2) is 0 Å². The summed E-state index contributed by atoms with van der Waals surface area (Å²) in [6.07, 6.45) is 0. The van der Waals surface area contributed by atoms with E-state index in [4.69, 9.17) is 5.73 Å². The molecule has 0 aliphatic carbocycles. The summed E-state index contributed by atoms with van der Waals surface area (Å²) in [7, 11) is 0. The van der Waals surface area contributed by atoms with Crippen molar-refractivity contribution in [1.82, 2.24) is 0 Å². The molecule has 0 aliphatic rings. The van der Waals surface area contributed by atoms with Gasteiger partial charge in [0.05, 0.1) is 6.04 Å². The zero-order valence-corrected chi connectivity index (χ0v) is 12.9. The van der Waals surface area contributed by atoms with Gasteiger partial charge >= 0.3 is 0 Å². The summed E-state index contributed by atoms with van der Waals surface area (Å²) in [5.74, 6) is 0. The van der Waals surface area contributed by atoms with Crippen molar-refractivity contribution in [1.29, 1.82) is 0 Å². The Bertz CT molecular complexity index is 782. The monoisotopic (exact) mass is 275 g/mol. The summed E-state index contributed by atoms with van der Waals surface area (Å²) < 4.78 is 0. The molecule has 0 fully saturated rings. The minimum absolute atomic E-state index is 0.0888. The quantitative estimate of drug-likeness (QED) is 0.713. The minimum atomic E-state index is -0.0888. The molecule has 0 amide bonds. The first-order valence-corrected chi connectivity index (χ1v) is 7.38. The van der Waals surface area contributed by atoms with Crippen molar-refractivity contribution < 1.29 is 0 Å². The Hall–Kier alpha value is -2.12. The lowest BCUT2D eigenvalue weighted by atomic mass is 9.91. The molecule has 3 aromatic carbocycles. The van der Waals surface area contributed by atoms with E-state index in [0.29, 0.717) is 0 Å². The summed E-state index contributed by atoms with van der Waals surface area (Å²) in [4.78, 5) is 0. The van der Waals surface area contributed by atoms with Crippen LogP contribution in [0.4, 0.5) is 0 Å². The highest BCUT2D eigenvalue weighted by Gasteiger charge is 2.13. The first-order valence-electron chi connectivity index (χ1n) is 7.38. The van der Waals surface area contributed by atoms with E-state index in [9.17, 15) is 0 Å². The standard InChI is InChI=1S/C20H21N/c1-13-10-14(2)12-16(11-13)20(21)19-9-8-15(3)17-6-4-5-7-18(17)19/h4-12,20H,21H2,1-3H3. The van der Waals surface area contributed by atoms with Gasteiger partial charge in [-0.25, -0.2) is 0 Å². The van der Waals surface area contributed by atoms with Crippen LogP contribution in [0.3, 0.4) is 0 Å². The zero-order valence-electron chi connectivity index (χ0n) is 12.9. The molecule has 0 aliphatic heterocycles. The predicted molar refractivity (Wildman–Crippen MR) is 90.6 cm³/mol. The number of hydrogen-bond donors (Lipinski definition) is 1. The molecule has 1 heteroatoms. The summed E-state index contributed by atoms with van der Waals surface area (Å²) in [5, 5.41) is 2.54. The Morgan fingerprint density at radius 2 is 1.38 bits per heavy atom. The van der Waals surface area contributed by atoms with Crippen LogP contribution in [0.25, 0.3) is 10.8 Å². The Labute approximate surface area is 126 Å². The van der Waals surface area contributed by atoms with Crippen LogP contribution >= 0.6 is 0 Å². The van der Waals surface area contributed by atoms with Crippen molar-refractivity contribution in [2.45, 2.75) is 26.8 Å². The number of nitrogens with two attached hydrogens (primary N) is 1. The molecule has 0 saturated heterocycles. The normalized spacial score (nSPS) is 12.6. The van der Waals surface area contributed by atoms with Crippen LogP contribution in [0.1, 0.15) is 33.9 Å². The first-order chi connectivity index (χ1) is 10.1. The Morgan fingerprint density at radius 1 is 0.762 bits per heavy atom. The number of rotatable bonds is 2. The largest absolute Gasteiger partial charge is 0.320 e. The molecule has 3 rings (SSSR count). The van der Waals surface area contributed by atoms with Crippen molar-refractivity contribution in [3.8, 4) is 0 Å². The summed E-state index contributed by atoms with van der Waals surface area (Å²) in [5.41, 5.74) is 12.8. The maximum atomic E-state index is 6.57. The average Bonchev–Trinajstić information content (AvgIpc) is 2.46. The summed E-state index contributed by atoms with van der Waals surface area (Å²) in [6, 6.07) is 19.3. The zero-order chi connectivity index (χ0) is 15.0.